The van der Waals surface area contributed by atoms with E-state index in [0.717, 1.165) is 18.8 Å². The Kier molecular flexibility index (Phi) is 2.82. The number of non-ortho nitro benzene ring substituents is 1. The van der Waals surface area contributed by atoms with Gasteiger partial charge in [-0.3, -0.25) is 10.1 Å². The molecule has 0 atom stereocenters. The second kappa shape index (κ2) is 4.27. The van der Waals surface area contributed by atoms with Crippen LogP contribution in [0.4, 0.5) is 11.4 Å². The number of morpholine rings is 1. The number of anilines is 1. The summed E-state index contributed by atoms with van der Waals surface area (Å²) in [5.74, 6) is 0. The highest BCUT2D eigenvalue weighted by molar-refractivity contribution is 5.50. The molecule has 0 amide bonds. The predicted octanol–water partition coefficient (Wildman–Crippen LogP) is 1.23. The zero-order valence-electron chi connectivity index (χ0n) is 8.18. The van der Waals surface area contributed by atoms with Gasteiger partial charge in [-0.15, -0.1) is 0 Å². The molecule has 1 aliphatic heterocycles. The summed E-state index contributed by atoms with van der Waals surface area (Å²) < 4.78 is 5.22. The summed E-state index contributed by atoms with van der Waals surface area (Å²) in [4.78, 5) is 12.1. The van der Waals surface area contributed by atoms with Crippen LogP contribution in [0.5, 0.6) is 0 Å². The predicted molar refractivity (Wildman–Crippen MR) is 55.0 cm³/mol. The first-order chi connectivity index (χ1) is 7.27. The van der Waals surface area contributed by atoms with Gasteiger partial charge in [-0.05, 0) is 12.1 Å². The number of nitro groups is 1. The first kappa shape index (κ1) is 9.92. The maximum Gasteiger partial charge on any atom is 0.277 e. The molecule has 0 unspecified atom stereocenters. The molecule has 1 aromatic carbocycles. The van der Waals surface area contributed by atoms with Crippen LogP contribution in [0.3, 0.4) is 0 Å². The fraction of sp³-hybridized carbons (Fsp3) is 0.400. The van der Waals surface area contributed by atoms with Crippen molar-refractivity contribution in [2.24, 2.45) is 0 Å². The van der Waals surface area contributed by atoms with Gasteiger partial charge in [-0.25, -0.2) is 0 Å². The summed E-state index contributed by atoms with van der Waals surface area (Å²) in [6.45, 7) is 3.06. The highest BCUT2D eigenvalue weighted by Gasteiger charge is 2.12. The summed E-state index contributed by atoms with van der Waals surface area (Å²) >= 11 is 0. The maximum atomic E-state index is 10.4. The number of ether oxygens (including phenoxy) is 1. The Morgan fingerprint density at radius 3 is 2.67 bits per heavy atom. The maximum absolute atomic E-state index is 10.4. The van der Waals surface area contributed by atoms with E-state index in [1.165, 1.54) is 6.07 Å². The van der Waals surface area contributed by atoms with Crippen molar-refractivity contribution in [3.63, 3.8) is 0 Å². The molecule has 5 heteroatoms. The van der Waals surface area contributed by atoms with Crippen LogP contribution >= 0.6 is 0 Å². The molecule has 0 bridgehead atoms. The van der Waals surface area contributed by atoms with Crippen LogP contribution in [0.15, 0.2) is 18.2 Å². The topological polar surface area (TPSA) is 55.6 Å². The molecule has 1 heterocycles. The molecule has 0 saturated carbocycles. The minimum Gasteiger partial charge on any atom is -0.378 e. The van der Waals surface area contributed by atoms with E-state index in [9.17, 15) is 10.1 Å². The summed E-state index contributed by atoms with van der Waals surface area (Å²) in [5, 5.41) is 10.4. The Bertz CT molecular complexity index is 344. The molecule has 1 radical (unpaired) electrons. The van der Waals surface area contributed by atoms with Gasteiger partial charge >= 0.3 is 0 Å². The second-order valence-corrected chi connectivity index (χ2v) is 3.29. The van der Waals surface area contributed by atoms with E-state index < -0.39 is 4.92 Å². The summed E-state index contributed by atoms with van der Waals surface area (Å²) in [7, 11) is 0. The van der Waals surface area contributed by atoms with Crippen molar-refractivity contribution < 1.29 is 9.66 Å². The van der Waals surface area contributed by atoms with Gasteiger partial charge in [0.25, 0.3) is 5.69 Å². The van der Waals surface area contributed by atoms with Crippen molar-refractivity contribution in [1.82, 2.24) is 0 Å². The second-order valence-electron chi connectivity index (χ2n) is 3.29. The summed E-state index contributed by atoms with van der Waals surface area (Å²) in [5.41, 5.74) is 0.968. The molecule has 79 valence electrons. The fourth-order valence-electron chi connectivity index (χ4n) is 1.54. The van der Waals surface area contributed by atoms with Gasteiger partial charge in [0.05, 0.1) is 24.2 Å². The number of hydrogen-bond acceptors (Lipinski definition) is 4. The minimum atomic E-state index is -0.441. The van der Waals surface area contributed by atoms with E-state index in [1.807, 2.05) is 0 Å². The van der Waals surface area contributed by atoms with Crippen molar-refractivity contribution in [2.75, 3.05) is 31.2 Å². The van der Waals surface area contributed by atoms with E-state index in [2.05, 4.69) is 11.0 Å². The SMILES string of the molecule is O=[N+]([O-])c1[c]cc(N2CCOCC2)cc1. The van der Waals surface area contributed by atoms with Crippen molar-refractivity contribution in [2.45, 2.75) is 0 Å². The van der Waals surface area contributed by atoms with E-state index in [-0.39, 0.29) is 5.69 Å². The summed E-state index contributed by atoms with van der Waals surface area (Å²) in [6.07, 6.45) is 0. The number of nitro benzene ring substituents is 1. The average molecular weight is 207 g/mol. The Morgan fingerprint density at radius 1 is 1.40 bits per heavy atom. The van der Waals surface area contributed by atoms with Crippen LogP contribution in [0.1, 0.15) is 0 Å². The first-order valence-corrected chi connectivity index (χ1v) is 4.76. The van der Waals surface area contributed by atoms with Gasteiger partial charge in [0, 0.05) is 24.8 Å². The average Bonchev–Trinajstić information content (AvgIpc) is 2.30. The van der Waals surface area contributed by atoms with Crippen LogP contribution < -0.4 is 4.90 Å². The molecule has 15 heavy (non-hydrogen) atoms. The third kappa shape index (κ3) is 2.24. The van der Waals surface area contributed by atoms with Crippen molar-refractivity contribution in [3.05, 3.63) is 34.4 Å². The monoisotopic (exact) mass is 207 g/mol. The third-order valence-corrected chi connectivity index (χ3v) is 2.35. The number of benzene rings is 1. The first-order valence-electron chi connectivity index (χ1n) is 4.76. The highest BCUT2D eigenvalue weighted by Crippen LogP contribution is 2.19. The van der Waals surface area contributed by atoms with E-state index >= 15 is 0 Å². The lowest BCUT2D eigenvalue weighted by Gasteiger charge is -2.28. The van der Waals surface area contributed by atoms with Gasteiger partial charge in [0.2, 0.25) is 0 Å². The molecule has 0 spiro atoms. The molecule has 1 aromatic rings. The normalized spacial score (nSPS) is 16.4. The standard InChI is InChI=1S/C10H11N2O3/c13-12(14)10-3-1-9(2-4-10)11-5-7-15-8-6-11/h1-3H,5-8H2. The molecule has 5 nitrogen and oxygen atoms in total. The highest BCUT2D eigenvalue weighted by atomic mass is 16.6. The van der Waals surface area contributed by atoms with Crippen LogP contribution in [-0.2, 0) is 4.74 Å². The minimum absolute atomic E-state index is 0.00649. The lowest BCUT2D eigenvalue weighted by molar-refractivity contribution is -0.385. The van der Waals surface area contributed by atoms with Crippen LogP contribution in [-0.4, -0.2) is 31.2 Å². The Hall–Kier alpha value is -1.62. The molecule has 0 aliphatic carbocycles. The van der Waals surface area contributed by atoms with Crippen LogP contribution in [0.2, 0.25) is 0 Å². The molecule has 1 fully saturated rings. The van der Waals surface area contributed by atoms with Gasteiger partial charge in [0.15, 0.2) is 0 Å². The van der Waals surface area contributed by atoms with E-state index in [0.29, 0.717) is 13.2 Å². The van der Waals surface area contributed by atoms with Crippen LogP contribution in [0, 0.1) is 16.2 Å². The lowest BCUT2D eigenvalue weighted by atomic mass is 10.2. The Morgan fingerprint density at radius 2 is 2.13 bits per heavy atom. The van der Waals surface area contributed by atoms with E-state index in [4.69, 9.17) is 4.74 Å². The van der Waals surface area contributed by atoms with Gasteiger partial charge in [0.1, 0.15) is 0 Å². The smallest absolute Gasteiger partial charge is 0.277 e. The molecule has 2 rings (SSSR count). The zero-order chi connectivity index (χ0) is 10.7. The summed E-state index contributed by atoms with van der Waals surface area (Å²) in [6, 6.07) is 7.54. The largest absolute Gasteiger partial charge is 0.378 e. The molecular formula is C10H11N2O3. The quantitative estimate of drug-likeness (QED) is 0.540. The molecule has 0 aromatic heterocycles. The Labute approximate surface area is 87.4 Å². The fourth-order valence-corrected chi connectivity index (χ4v) is 1.54. The number of rotatable bonds is 2. The molecule has 1 saturated heterocycles. The van der Waals surface area contributed by atoms with Gasteiger partial charge in [-0.1, -0.05) is 0 Å². The lowest BCUT2D eigenvalue weighted by Crippen LogP contribution is -2.36. The number of nitrogens with zero attached hydrogens (tertiary/aromatic N) is 2. The van der Waals surface area contributed by atoms with Crippen molar-refractivity contribution in [3.8, 4) is 0 Å². The third-order valence-electron chi connectivity index (χ3n) is 2.35. The number of hydrogen-bond donors (Lipinski definition) is 0. The van der Waals surface area contributed by atoms with Gasteiger partial charge < -0.3 is 9.64 Å². The van der Waals surface area contributed by atoms with Gasteiger partial charge in [-0.2, -0.15) is 0 Å². The van der Waals surface area contributed by atoms with Crippen LogP contribution in [0.25, 0.3) is 0 Å². The van der Waals surface area contributed by atoms with Crippen molar-refractivity contribution >= 4 is 11.4 Å². The zero-order valence-corrected chi connectivity index (χ0v) is 8.18. The molecule has 0 N–H and O–H groups in total. The Balaban J connectivity index is 2.11. The van der Waals surface area contributed by atoms with Crippen molar-refractivity contribution in [1.29, 1.82) is 0 Å². The molecule has 1 aliphatic rings. The molecular weight excluding hydrogens is 196 g/mol. The van der Waals surface area contributed by atoms with E-state index in [1.54, 1.807) is 12.1 Å².